The van der Waals surface area contributed by atoms with E-state index < -0.39 is 0 Å². The van der Waals surface area contributed by atoms with E-state index in [9.17, 15) is 4.39 Å². The van der Waals surface area contributed by atoms with E-state index in [1.54, 1.807) is 18.2 Å². The third-order valence-electron chi connectivity index (χ3n) is 4.79. The number of nitrogens with one attached hydrogen (secondary N) is 2. The van der Waals surface area contributed by atoms with Crippen molar-refractivity contribution in [3.63, 3.8) is 0 Å². The van der Waals surface area contributed by atoms with E-state index in [2.05, 4.69) is 10.6 Å². The van der Waals surface area contributed by atoms with Gasteiger partial charge in [-0.25, -0.2) is 9.38 Å². The van der Waals surface area contributed by atoms with Gasteiger partial charge in [-0.1, -0.05) is 35.9 Å². The Balaban J connectivity index is 1.64. The van der Waals surface area contributed by atoms with Gasteiger partial charge in [0.05, 0.1) is 21.9 Å². The fourth-order valence-electron chi connectivity index (χ4n) is 3.38. The average Bonchev–Trinajstić information content (AvgIpc) is 2.64. The molecule has 25 heavy (non-hydrogen) atoms. The van der Waals surface area contributed by atoms with Gasteiger partial charge in [-0.15, -0.1) is 0 Å². The third-order valence-corrected chi connectivity index (χ3v) is 5.08. The summed E-state index contributed by atoms with van der Waals surface area (Å²) in [5.74, 6) is 0.441. The number of hydrogen-bond donors (Lipinski definition) is 2. The summed E-state index contributed by atoms with van der Waals surface area (Å²) in [7, 11) is 0. The third kappa shape index (κ3) is 3.10. The molecule has 0 radical (unpaired) electrons. The summed E-state index contributed by atoms with van der Waals surface area (Å²) in [6.07, 6.45) is 1.62. The van der Waals surface area contributed by atoms with E-state index in [-0.39, 0.29) is 16.4 Å². The fraction of sp³-hybridized carbons (Fsp3) is 0.316. The quantitative estimate of drug-likeness (QED) is 0.841. The van der Waals surface area contributed by atoms with Crippen LogP contribution in [0.4, 0.5) is 15.8 Å². The maximum absolute atomic E-state index is 14.2. The molecule has 1 fully saturated rings. The highest BCUT2D eigenvalue weighted by Crippen LogP contribution is 2.37. The second-order valence-corrected chi connectivity index (χ2v) is 6.77. The van der Waals surface area contributed by atoms with Crippen LogP contribution >= 0.6 is 11.6 Å². The van der Waals surface area contributed by atoms with Crippen LogP contribution in [0, 0.1) is 5.82 Å². The van der Waals surface area contributed by atoms with Gasteiger partial charge in [0.2, 0.25) is 0 Å². The lowest BCUT2D eigenvalue weighted by molar-refractivity contribution is 0.0771. The van der Waals surface area contributed by atoms with Gasteiger partial charge in [0.25, 0.3) is 0 Å². The van der Waals surface area contributed by atoms with Crippen LogP contribution in [0.1, 0.15) is 18.4 Å². The van der Waals surface area contributed by atoms with E-state index in [1.165, 1.54) is 0 Å². The molecule has 1 spiro atoms. The van der Waals surface area contributed by atoms with Crippen LogP contribution in [0.25, 0.3) is 0 Å². The number of ether oxygens (including phenoxy) is 1. The molecule has 0 aromatic heterocycles. The lowest BCUT2D eigenvalue weighted by Crippen LogP contribution is -2.56. The summed E-state index contributed by atoms with van der Waals surface area (Å²) in [6, 6.07) is 13.0. The zero-order chi connectivity index (χ0) is 17.3. The molecule has 4 rings (SSSR count). The highest BCUT2D eigenvalue weighted by molar-refractivity contribution is 6.30. The monoisotopic (exact) mass is 359 g/mol. The average molecular weight is 360 g/mol. The Morgan fingerprint density at radius 2 is 1.96 bits per heavy atom. The Labute approximate surface area is 151 Å². The molecule has 2 N–H and O–H groups in total. The number of halogens is 2. The van der Waals surface area contributed by atoms with Crippen LogP contribution in [-0.2, 0) is 11.3 Å². The predicted molar refractivity (Wildman–Crippen MR) is 98.2 cm³/mol. The largest absolute Gasteiger partial charge is 0.381 e. The van der Waals surface area contributed by atoms with Crippen LogP contribution in [0.15, 0.2) is 47.5 Å². The van der Waals surface area contributed by atoms with Crippen molar-refractivity contribution in [3.05, 3.63) is 58.9 Å². The summed E-state index contributed by atoms with van der Waals surface area (Å²) in [4.78, 5) is 4.82. The number of para-hydroxylation sites is 2. The summed E-state index contributed by atoms with van der Waals surface area (Å²) in [5.41, 5.74) is 2.12. The van der Waals surface area contributed by atoms with Crippen molar-refractivity contribution in [3.8, 4) is 0 Å². The Morgan fingerprint density at radius 1 is 1.16 bits per heavy atom. The number of fused-ring (bicyclic) bond motifs is 1. The van der Waals surface area contributed by atoms with Gasteiger partial charge in [0.1, 0.15) is 11.7 Å². The number of anilines is 1. The Morgan fingerprint density at radius 3 is 2.80 bits per heavy atom. The standard InChI is InChI=1S/C19H19ClFN3O/c20-14-5-3-4-13(17(14)21)12-22-18-19(8-10-25-11-9-19)24-16-7-2-1-6-15(16)23-18/h1-7,24H,8-12H2,(H,22,23). The summed E-state index contributed by atoms with van der Waals surface area (Å²) < 4.78 is 19.7. The van der Waals surface area contributed by atoms with E-state index in [0.29, 0.717) is 25.3 Å². The van der Waals surface area contributed by atoms with Crippen LogP contribution < -0.4 is 10.6 Å². The lowest BCUT2D eigenvalue weighted by atomic mass is 9.86. The van der Waals surface area contributed by atoms with Crippen molar-refractivity contribution in [1.82, 2.24) is 5.32 Å². The molecule has 2 aromatic carbocycles. The molecule has 4 nitrogen and oxygen atoms in total. The predicted octanol–water partition coefficient (Wildman–Crippen LogP) is 4.27. The van der Waals surface area contributed by atoms with Crippen LogP contribution in [-0.4, -0.2) is 24.6 Å². The van der Waals surface area contributed by atoms with E-state index in [0.717, 1.165) is 30.1 Å². The topological polar surface area (TPSA) is 45.7 Å². The number of rotatable bonds is 2. The van der Waals surface area contributed by atoms with Gasteiger partial charge in [-0.3, -0.25) is 0 Å². The van der Waals surface area contributed by atoms with Crippen molar-refractivity contribution in [2.75, 3.05) is 18.5 Å². The van der Waals surface area contributed by atoms with Crippen molar-refractivity contribution >= 4 is 28.8 Å². The van der Waals surface area contributed by atoms with E-state index in [4.69, 9.17) is 21.3 Å². The highest BCUT2D eigenvalue weighted by atomic mass is 35.5. The van der Waals surface area contributed by atoms with E-state index >= 15 is 0 Å². The van der Waals surface area contributed by atoms with Crippen LogP contribution in [0.5, 0.6) is 0 Å². The molecule has 2 aliphatic rings. The molecule has 1 saturated heterocycles. The zero-order valence-corrected chi connectivity index (χ0v) is 14.4. The molecular formula is C19H19ClFN3O. The molecule has 2 aliphatic heterocycles. The first-order valence-corrected chi connectivity index (χ1v) is 8.77. The Hall–Kier alpha value is -2.11. The van der Waals surface area contributed by atoms with Gasteiger partial charge in [-0.2, -0.15) is 0 Å². The second-order valence-electron chi connectivity index (χ2n) is 6.36. The van der Waals surface area contributed by atoms with Crippen molar-refractivity contribution in [2.45, 2.75) is 24.9 Å². The van der Waals surface area contributed by atoms with Gasteiger partial charge in [0, 0.05) is 38.2 Å². The van der Waals surface area contributed by atoms with Gasteiger partial charge >= 0.3 is 0 Å². The van der Waals surface area contributed by atoms with Crippen LogP contribution in [0.2, 0.25) is 5.02 Å². The maximum Gasteiger partial charge on any atom is 0.146 e. The first-order valence-electron chi connectivity index (χ1n) is 8.39. The molecule has 0 bridgehead atoms. The Kier molecular flexibility index (Phi) is 4.36. The molecule has 0 aliphatic carbocycles. The molecule has 2 heterocycles. The van der Waals surface area contributed by atoms with Crippen molar-refractivity contribution in [2.24, 2.45) is 4.99 Å². The molecule has 0 saturated carbocycles. The van der Waals surface area contributed by atoms with Crippen molar-refractivity contribution in [1.29, 1.82) is 0 Å². The highest BCUT2D eigenvalue weighted by Gasteiger charge is 2.40. The molecule has 130 valence electrons. The molecule has 0 amide bonds. The van der Waals surface area contributed by atoms with Gasteiger partial charge in [-0.05, 0) is 18.2 Å². The fourth-order valence-corrected chi connectivity index (χ4v) is 3.57. The normalized spacial score (nSPS) is 18.2. The SMILES string of the molecule is Fc1c(Cl)cccc1CNC1=Nc2ccccc2NC12CCOCC2. The number of hydrogen-bond acceptors (Lipinski definition) is 4. The number of amidine groups is 1. The molecule has 2 aromatic rings. The van der Waals surface area contributed by atoms with Crippen LogP contribution in [0.3, 0.4) is 0 Å². The molecule has 0 unspecified atom stereocenters. The summed E-state index contributed by atoms with van der Waals surface area (Å²) in [5, 5.41) is 7.11. The Bertz CT molecular complexity index is 818. The first kappa shape index (κ1) is 16.4. The number of nitrogens with zero attached hydrogens (tertiary/aromatic N) is 1. The minimum absolute atomic E-state index is 0.133. The number of benzene rings is 2. The molecule has 6 heteroatoms. The molecular weight excluding hydrogens is 341 g/mol. The minimum Gasteiger partial charge on any atom is -0.381 e. The molecule has 0 atom stereocenters. The van der Waals surface area contributed by atoms with Gasteiger partial charge < -0.3 is 15.4 Å². The summed E-state index contributed by atoms with van der Waals surface area (Å²) in [6.45, 7) is 1.67. The summed E-state index contributed by atoms with van der Waals surface area (Å²) >= 11 is 5.88. The maximum atomic E-state index is 14.2. The number of aliphatic imine (C=N–C) groups is 1. The van der Waals surface area contributed by atoms with E-state index in [1.807, 2.05) is 24.3 Å². The minimum atomic E-state index is -0.387. The van der Waals surface area contributed by atoms with Crippen molar-refractivity contribution < 1.29 is 9.13 Å². The lowest BCUT2D eigenvalue weighted by Gasteiger charge is -2.42. The van der Waals surface area contributed by atoms with Gasteiger partial charge in [0.15, 0.2) is 0 Å². The zero-order valence-electron chi connectivity index (χ0n) is 13.7. The first-order chi connectivity index (χ1) is 12.2. The second kappa shape index (κ2) is 6.65. The smallest absolute Gasteiger partial charge is 0.146 e.